The van der Waals surface area contributed by atoms with Crippen LogP contribution < -0.4 is 14.2 Å². The number of methoxy groups -OCH3 is 1. The molecule has 2 aromatic rings. The maximum Gasteiger partial charge on any atom is 0.161 e. The van der Waals surface area contributed by atoms with Crippen molar-refractivity contribution < 1.29 is 14.2 Å². The van der Waals surface area contributed by atoms with Crippen molar-refractivity contribution in [2.24, 2.45) is 0 Å². The molecule has 0 atom stereocenters. The number of halogens is 1. The number of rotatable bonds is 6. The lowest BCUT2D eigenvalue weighted by molar-refractivity contribution is 0.210. The van der Waals surface area contributed by atoms with Gasteiger partial charge >= 0.3 is 0 Å². The predicted molar refractivity (Wildman–Crippen MR) is 87.6 cm³/mol. The summed E-state index contributed by atoms with van der Waals surface area (Å²) in [6, 6.07) is 11.9. The molecular weight excluding hydrogens is 332 g/mol. The summed E-state index contributed by atoms with van der Waals surface area (Å²) in [7, 11) is 1.64. The normalized spacial score (nSPS) is 10.3. The van der Waals surface area contributed by atoms with Gasteiger partial charge in [0.05, 0.1) is 11.6 Å². The van der Waals surface area contributed by atoms with Crippen LogP contribution >= 0.6 is 15.9 Å². The second-order valence-corrected chi connectivity index (χ2v) is 5.64. The van der Waals surface area contributed by atoms with Crippen LogP contribution in [0, 0.1) is 13.8 Å². The van der Waals surface area contributed by atoms with E-state index in [4.69, 9.17) is 14.2 Å². The quantitative estimate of drug-likeness (QED) is 0.716. The zero-order valence-corrected chi connectivity index (χ0v) is 14.1. The molecule has 0 aromatic heterocycles. The van der Waals surface area contributed by atoms with Crippen LogP contribution in [0.15, 0.2) is 40.9 Å². The van der Waals surface area contributed by atoms with Crippen LogP contribution in [0.5, 0.6) is 17.2 Å². The molecule has 3 nitrogen and oxygen atoms in total. The second-order valence-electron chi connectivity index (χ2n) is 4.79. The lowest BCUT2D eigenvalue weighted by atomic mass is 10.2. The molecule has 0 saturated heterocycles. The molecule has 0 spiro atoms. The molecule has 2 rings (SSSR count). The Balaban J connectivity index is 1.87. The van der Waals surface area contributed by atoms with Crippen LogP contribution in [0.4, 0.5) is 0 Å². The first-order chi connectivity index (χ1) is 10.1. The lowest BCUT2D eigenvalue weighted by Crippen LogP contribution is -2.09. The van der Waals surface area contributed by atoms with Crippen molar-refractivity contribution in [3.05, 3.63) is 52.0 Å². The van der Waals surface area contributed by atoms with Crippen molar-refractivity contribution >= 4 is 15.9 Å². The molecule has 112 valence electrons. The first kappa shape index (κ1) is 15.7. The topological polar surface area (TPSA) is 27.7 Å². The molecule has 4 heteroatoms. The van der Waals surface area contributed by atoms with Crippen molar-refractivity contribution in [3.8, 4) is 17.2 Å². The maximum absolute atomic E-state index is 5.70. The van der Waals surface area contributed by atoms with Crippen LogP contribution in [0.3, 0.4) is 0 Å². The second kappa shape index (κ2) is 7.36. The summed E-state index contributed by atoms with van der Waals surface area (Å²) < 4.78 is 17.7. The fourth-order valence-electron chi connectivity index (χ4n) is 1.92. The van der Waals surface area contributed by atoms with Crippen LogP contribution in [-0.2, 0) is 0 Å². The summed E-state index contributed by atoms with van der Waals surface area (Å²) in [6.07, 6.45) is 0. The van der Waals surface area contributed by atoms with E-state index in [2.05, 4.69) is 15.9 Å². The summed E-state index contributed by atoms with van der Waals surface area (Å²) >= 11 is 3.49. The van der Waals surface area contributed by atoms with Crippen LogP contribution in [0.2, 0.25) is 0 Å². The number of aryl methyl sites for hydroxylation is 2. The van der Waals surface area contributed by atoms with E-state index in [0.717, 1.165) is 27.3 Å². The van der Waals surface area contributed by atoms with Gasteiger partial charge in [-0.1, -0.05) is 12.1 Å². The van der Waals surface area contributed by atoms with Crippen molar-refractivity contribution in [2.45, 2.75) is 13.8 Å². The minimum absolute atomic E-state index is 0.458. The minimum Gasteiger partial charge on any atom is -0.493 e. The van der Waals surface area contributed by atoms with Crippen molar-refractivity contribution in [1.82, 2.24) is 0 Å². The van der Waals surface area contributed by atoms with E-state index >= 15 is 0 Å². The lowest BCUT2D eigenvalue weighted by Gasteiger charge is -2.12. The Labute approximate surface area is 134 Å². The van der Waals surface area contributed by atoms with Gasteiger partial charge in [-0.05, 0) is 65.2 Å². The van der Waals surface area contributed by atoms with Crippen molar-refractivity contribution in [1.29, 1.82) is 0 Å². The molecule has 0 fully saturated rings. The van der Waals surface area contributed by atoms with E-state index in [1.165, 1.54) is 5.56 Å². The Morgan fingerprint density at radius 2 is 1.38 bits per heavy atom. The molecular formula is C17H19BrO3. The fourth-order valence-corrected chi connectivity index (χ4v) is 2.53. The van der Waals surface area contributed by atoms with Gasteiger partial charge in [0.25, 0.3) is 0 Å². The van der Waals surface area contributed by atoms with E-state index in [1.807, 2.05) is 50.2 Å². The van der Waals surface area contributed by atoms with Gasteiger partial charge in [-0.3, -0.25) is 0 Å². The molecule has 2 aromatic carbocycles. The highest BCUT2D eigenvalue weighted by Gasteiger charge is 2.05. The molecule has 0 unspecified atom stereocenters. The molecule has 0 heterocycles. The Bertz CT molecular complexity index is 611. The molecule has 0 saturated carbocycles. The molecule has 0 N–H and O–H groups in total. The average molecular weight is 351 g/mol. The van der Waals surface area contributed by atoms with Crippen molar-refractivity contribution in [2.75, 3.05) is 20.3 Å². The van der Waals surface area contributed by atoms with Gasteiger partial charge in [-0.25, -0.2) is 0 Å². The standard InChI is InChI=1S/C17H19BrO3/c1-12-4-6-15(14(18)10-12)20-8-9-21-16-7-5-13(2)11-17(16)19-3/h4-7,10-11H,8-9H2,1-3H3. The van der Waals surface area contributed by atoms with Crippen LogP contribution in [0.1, 0.15) is 11.1 Å². The van der Waals surface area contributed by atoms with Gasteiger partial charge in [0.15, 0.2) is 11.5 Å². The summed E-state index contributed by atoms with van der Waals surface area (Å²) in [5.74, 6) is 2.29. The van der Waals surface area contributed by atoms with Crippen molar-refractivity contribution in [3.63, 3.8) is 0 Å². The average Bonchev–Trinajstić information content (AvgIpc) is 2.46. The molecule has 0 aliphatic rings. The first-order valence-electron chi connectivity index (χ1n) is 6.76. The van der Waals surface area contributed by atoms with E-state index < -0.39 is 0 Å². The molecule has 21 heavy (non-hydrogen) atoms. The van der Waals surface area contributed by atoms with Gasteiger partial charge < -0.3 is 14.2 Å². The largest absolute Gasteiger partial charge is 0.493 e. The third-order valence-corrected chi connectivity index (χ3v) is 3.62. The highest BCUT2D eigenvalue weighted by Crippen LogP contribution is 2.28. The smallest absolute Gasteiger partial charge is 0.161 e. The summed E-state index contributed by atoms with van der Waals surface area (Å²) in [5, 5.41) is 0. The SMILES string of the molecule is COc1cc(C)ccc1OCCOc1ccc(C)cc1Br. The molecule has 0 amide bonds. The zero-order valence-electron chi connectivity index (χ0n) is 12.5. The van der Waals surface area contributed by atoms with Gasteiger partial charge in [0.2, 0.25) is 0 Å². The molecule has 0 radical (unpaired) electrons. The Morgan fingerprint density at radius 1 is 0.810 bits per heavy atom. The monoisotopic (exact) mass is 350 g/mol. The van der Waals surface area contributed by atoms with E-state index in [9.17, 15) is 0 Å². The number of benzene rings is 2. The number of hydrogen-bond donors (Lipinski definition) is 0. The Morgan fingerprint density at radius 3 is 2.00 bits per heavy atom. The van der Waals surface area contributed by atoms with E-state index in [1.54, 1.807) is 7.11 Å². The Kier molecular flexibility index (Phi) is 5.51. The highest BCUT2D eigenvalue weighted by molar-refractivity contribution is 9.10. The molecule has 0 aliphatic heterocycles. The van der Waals surface area contributed by atoms with Gasteiger partial charge in [-0.2, -0.15) is 0 Å². The maximum atomic E-state index is 5.70. The fraction of sp³-hybridized carbons (Fsp3) is 0.294. The third-order valence-electron chi connectivity index (χ3n) is 3.00. The van der Waals surface area contributed by atoms with E-state index in [0.29, 0.717) is 13.2 Å². The zero-order chi connectivity index (χ0) is 15.2. The van der Waals surface area contributed by atoms with Gasteiger partial charge in [-0.15, -0.1) is 0 Å². The highest BCUT2D eigenvalue weighted by atomic mass is 79.9. The third kappa shape index (κ3) is 4.39. The number of ether oxygens (including phenoxy) is 3. The van der Waals surface area contributed by atoms with Gasteiger partial charge in [0, 0.05) is 0 Å². The van der Waals surface area contributed by atoms with Crippen LogP contribution in [0.25, 0.3) is 0 Å². The molecule has 0 bridgehead atoms. The first-order valence-corrected chi connectivity index (χ1v) is 7.56. The predicted octanol–water partition coefficient (Wildman–Crippen LogP) is 4.53. The minimum atomic E-state index is 0.458. The number of hydrogen-bond acceptors (Lipinski definition) is 3. The molecule has 0 aliphatic carbocycles. The summed E-state index contributed by atoms with van der Waals surface area (Å²) in [6.45, 7) is 4.99. The summed E-state index contributed by atoms with van der Waals surface area (Å²) in [5.41, 5.74) is 2.33. The van der Waals surface area contributed by atoms with E-state index in [-0.39, 0.29) is 0 Å². The Hall–Kier alpha value is -1.68. The van der Waals surface area contributed by atoms with Crippen LogP contribution in [-0.4, -0.2) is 20.3 Å². The van der Waals surface area contributed by atoms with Gasteiger partial charge in [0.1, 0.15) is 19.0 Å². The summed E-state index contributed by atoms with van der Waals surface area (Å²) in [4.78, 5) is 0.